The maximum atomic E-state index is 5.43. The third kappa shape index (κ3) is 5.39. The first kappa shape index (κ1) is 20.0. The van der Waals surface area contributed by atoms with Crippen LogP contribution >= 0.6 is 0 Å². The second kappa shape index (κ2) is 8.97. The largest absolute Gasteiger partial charge is 0.454 e. The molecule has 1 heterocycles. The molecule has 1 aliphatic heterocycles. The molecule has 6 heteroatoms. The number of nitrogens with zero attached hydrogens (tertiary/aromatic N) is 1. The van der Waals surface area contributed by atoms with Gasteiger partial charge < -0.3 is 25.4 Å². The van der Waals surface area contributed by atoms with Crippen molar-refractivity contribution in [2.24, 2.45) is 4.99 Å². The average molecular weight is 383 g/mol. The Balaban J connectivity index is 1.49. The van der Waals surface area contributed by atoms with Crippen LogP contribution in [-0.2, 0) is 6.54 Å². The van der Waals surface area contributed by atoms with E-state index in [2.05, 4.69) is 66.0 Å². The molecule has 1 unspecified atom stereocenters. The Hall–Kier alpha value is -2.73. The predicted octanol–water partition coefficient (Wildman–Crippen LogP) is 3.21. The molecule has 0 bridgehead atoms. The fourth-order valence-electron chi connectivity index (χ4n) is 3.22. The van der Waals surface area contributed by atoms with Gasteiger partial charge in [0, 0.05) is 31.7 Å². The van der Waals surface area contributed by atoms with Crippen LogP contribution in [0.4, 0.5) is 0 Å². The third-order valence-corrected chi connectivity index (χ3v) is 4.73. The average Bonchev–Trinajstić information content (AvgIpc) is 3.16. The molecule has 1 atom stereocenters. The summed E-state index contributed by atoms with van der Waals surface area (Å²) >= 11 is 0. The van der Waals surface area contributed by atoms with E-state index < -0.39 is 0 Å². The highest BCUT2D eigenvalue weighted by Crippen LogP contribution is 2.32. The minimum absolute atomic E-state index is 0.106. The highest BCUT2D eigenvalue weighted by molar-refractivity contribution is 5.79. The Kier molecular flexibility index (Phi) is 6.41. The van der Waals surface area contributed by atoms with E-state index in [1.54, 1.807) is 7.05 Å². The molecule has 0 spiro atoms. The molecule has 1 aliphatic rings. The number of hydrogen-bond donors (Lipinski definition) is 3. The van der Waals surface area contributed by atoms with Crippen LogP contribution in [0.5, 0.6) is 11.5 Å². The summed E-state index contributed by atoms with van der Waals surface area (Å²) in [6, 6.07) is 16.7. The van der Waals surface area contributed by atoms with Crippen LogP contribution in [0.1, 0.15) is 37.9 Å². The molecule has 150 valence electrons. The van der Waals surface area contributed by atoms with E-state index in [0.717, 1.165) is 29.6 Å². The molecule has 0 radical (unpaired) electrons. The predicted molar refractivity (Wildman–Crippen MR) is 113 cm³/mol. The van der Waals surface area contributed by atoms with Gasteiger partial charge >= 0.3 is 0 Å². The number of benzene rings is 2. The van der Waals surface area contributed by atoms with Crippen molar-refractivity contribution in [2.75, 3.05) is 20.4 Å². The molecule has 3 rings (SSSR count). The zero-order valence-electron chi connectivity index (χ0n) is 17.1. The molecule has 0 amide bonds. The Morgan fingerprint density at radius 3 is 2.57 bits per heavy atom. The normalized spacial score (nSPS) is 14.6. The van der Waals surface area contributed by atoms with Gasteiger partial charge in [-0.25, -0.2) is 0 Å². The van der Waals surface area contributed by atoms with E-state index >= 15 is 0 Å². The number of nitrogens with one attached hydrogen (secondary N) is 3. The number of rotatable bonds is 7. The number of guanidine groups is 1. The SMILES string of the molecule is CN=C(NCc1ccc2c(c1)OCO2)NCC(C)(C)NC(C)c1ccccc1. The lowest BCUT2D eigenvalue weighted by Gasteiger charge is -2.31. The smallest absolute Gasteiger partial charge is 0.231 e. The fraction of sp³-hybridized carbons (Fsp3) is 0.409. The zero-order valence-corrected chi connectivity index (χ0v) is 17.1. The number of fused-ring (bicyclic) bond motifs is 1. The maximum absolute atomic E-state index is 5.43. The van der Waals surface area contributed by atoms with Crippen LogP contribution < -0.4 is 25.4 Å². The van der Waals surface area contributed by atoms with Crippen molar-refractivity contribution in [2.45, 2.75) is 38.9 Å². The summed E-state index contributed by atoms with van der Waals surface area (Å²) in [5.74, 6) is 2.36. The van der Waals surface area contributed by atoms with Crippen molar-refractivity contribution >= 4 is 5.96 Å². The van der Waals surface area contributed by atoms with Gasteiger partial charge in [-0.1, -0.05) is 36.4 Å². The molecule has 2 aromatic rings. The van der Waals surface area contributed by atoms with E-state index in [0.29, 0.717) is 13.3 Å². The lowest BCUT2D eigenvalue weighted by molar-refractivity contribution is 0.174. The quantitative estimate of drug-likeness (QED) is 0.507. The molecular formula is C22H30N4O2. The monoisotopic (exact) mass is 382 g/mol. The summed E-state index contributed by atoms with van der Waals surface area (Å²) in [4.78, 5) is 4.33. The molecule has 0 aliphatic carbocycles. The number of hydrogen-bond acceptors (Lipinski definition) is 4. The van der Waals surface area contributed by atoms with Crippen LogP contribution in [0.25, 0.3) is 0 Å². The lowest BCUT2D eigenvalue weighted by Crippen LogP contribution is -2.52. The summed E-state index contributed by atoms with van der Waals surface area (Å²) in [5.41, 5.74) is 2.29. The Morgan fingerprint density at radius 2 is 1.82 bits per heavy atom. The van der Waals surface area contributed by atoms with Gasteiger partial charge in [-0.3, -0.25) is 4.99 Å². The van der Waals surface area contributed by atoms with Gasteiger partial charge in [-0.15, -0.1) is 0 Å². The van der Waals surface area contributed by atoms with Gasteiger partial charge in [0.1, 0.15) is 0 Å². The standard InChI is InChI=1S/C22H30N4O2/c1-16(18-8-6-5-7-9-18)26-22(2,3)14-25-21(23-4)24-13-17-10-11-19-20(12-17)28-15-27-19/h5-12,16,26H,13-15H2,1-4H3,(H2,23,24,25). The van der Waals surface area contributed by atoms with Crippen LogP contribution in [0.2, 0.25) is 0 Å². The molecule has 2 aromatic carbocycles. The van der Waals surface area contributed by atoms with Gasteiger partial charge in [0.15, 0.2) is 17.5 Å². The van der Waals surface area contributed by atoms with E-state index in [1.807, 2.05) is 24.3 Å². The lowest BCUT2D eigenvalue weighted by atomic mass is 10.0. The van der Waals surface area contributed by atoms with Crippen molar-refractivity contribution in [3.8, 4) is 11.5 Å². The molecule has 6 nitrogen and oxygen atoms in total. The maximum Gasteiger partial charge on any atom is 0.231 e. The van der Waals surface area contributed by atoms with E-state index in [-0.39, 0.29) is 11.6 Å². The Bertz CT molecular complexity index is 805. The molecule has 0 aromatic heterocycles. The second-order valence-corrected chi connectivity index (χ2v) is 7.63. The Morgan fingerprint density at radius 1 is 1.07 bits per heavy atom. The topological polar surface area (TPSA) is 66.9 Å². The van der Waals surface area contributed by atoms with Gasteiger partial charge in [-0.05, 0) is 44.0 Å². The molecule has 3 N–H and O–H groups in total. The van der Waals surface area contributed by atoms with Gasteiger partial charge in [0.2, 0.25) is 6.79 Å². The van der Waals surface area contributed by atoms with Crippen molar-refractivity contribution in [1.29, 1.82) is 0 Å². The van der Waals surface area contributed by atoms with E-state index in [9.17, 15) is 0 Å². The van der Waals surface area contributed by atoms with Crippen LogP contribution in [0.15, 0.2) is 53.5 Å². The number of ether oxygens (including phenoxy) is 2. The number of aliphatic imine (C=N–C) groups is 1. The third-order valence-electron chi connectivity index (χ3n) is 4.73. The summed E-state index contributed by atoms with van der Waals surface area (Å²) in [5, 5.41) is 10.4. The van der Waals surface area contributed by atoms with Gasteiger partial charge in [0.25, 0.3) is 0 Å². The highest BCUT2D eigenvalue weighted by atomic mass is 16.7. The van der Waals surface area contributed by atoms with Crippen LogP contribution in [0, 0.1) is 0 Å². The summed E-state index contributed by atoms with van der Waals surface area (Å²) < 4.78 is 10.8. The zero-order chi connectivity index (χ0) is 20.0. The highest BCUT2D eigenvalue weighted by Gasteiger charge is 2.21. The second-order valence-electron chi connectivity index (χ2n) is 7.63. The van der Waals surface area contributed by atoms with Gasteiger partial charge in [0.05, 0.1) is 0 Å². The molecule has 28 heavy (non-hydrogen) atoms. The van der Waals surface area contributed by atoms with Crippen molar-refractivity contribution in [3.05, 3.63) is 59.7 Å². The molecule has 0 saturated carbocycles. The van der Waals surface area contributed by atoms with E-state index in [4.69, 9.17) is 9.47 Å². The minimum atomic E-state index is -0.106. The van der Waals surface area contributed by atoms with Crippen LogP contribution in [0.3, 0.4) is 0 Å². The summed E-state index contributed by atoms with van der Waals surface area (Å²) in [6.45, 7) is 8.24. The first-order valence-corrected chi connectivity index (χ1v) is 9.62. The van der Waals surface area contributed by atoms with E-state index in [1.165, 1.54) is 5.56 Å². The molecular weight excluding hydrogens is 352 g/mol. The fourth-order valence-corrected chi connectivity index (χ4v) is 3.22. The first-order chi connectivity index (χ1) is 13.5. The van der Waals surface area contributed by atoms with Crippen molar-refractivity contribution in [1.82, 2.24) is 16.0 Å². The van der Waals surface area contributed by atoms with Gasteiger partial charge in [-0.2, -0.15) is 0 Å². The summed E-state index contributed by atoms with van der Waals surface area (Å²) in [7, 11) is 1.78. The minimum Gasteiger partial charge on any atom is -0.454 e. The first-order valence-electron chi connectivity index (χ1n) is 9.62. The summed E-state index contributed by atoms with van der Waals surface area (Å²) in [6.07, 6.45) is 0. The van der Waals surface area contributed by atoms with Crippen molar-refractivity contribution < 1.29 is 9.47 Å². The Labute approximate surface area is 167 Å². The van der Waals surface area contributed by atoms with Crippen molar-refractivity contribution in [3.63, 3.8) is 0 Å². The molecule has 0 fully saturated rings. The van der Waals surface area contributed by atoms with Crippen LogP contribution in [-0.4, -0.2) is 31.9 Å². The molecule has 0 saturated heterocycles.